The molecule has 0 aliphatic carbocycles. The van der Waals surface area contributed by atoms with Crippen LogP contribution in [0, 0.1) is 0 Å². The third-order valence-electron chi connectivity index (χ3n) is 2.74. The first kappa shape index (κ1) is 15.4. The molecule has 0 bridgehead atoms. The number of hydrogen-bond acceptors (Lipinski definition) is 4. The van der Waals surface area contributed by atoms with E-state index < -0.39 is 6.10 Å². The lowest BCUT2D eigenvalue weighted by molar-refractivity contribution is -0.120. The van der Waals surface area contributed by atoms with E-state index >= 15 is 0 Å². The lowest BCUT2D eigenvalue weighted by Crippen LogP contribution is -2.40. The van der Waals surface area contributed by atoms with E-state index in [2.05, 4.69) is 10.3 Å². The Morgan fingerprint density at radius 3 is 2.53 bits per heavy atom. The largest absolute Gasteiger partial charge is 0.389 e. The summed E-state index contributed by atoms with van der Waals surface area (Å²) in [7, 11) is 0. The number of rotatable bonds is 6. The van der Waals surface area contributed by atoms with Crippen molar-refractivity contribution in [2.45, 2.75) is 39.8 Å². The summed E-state index contributed by atoms with van der Waals surface area (Å²) in [6.45, 7) is 8.53. The Morgan fingerprint density at radius 2 is 2.11 bits per heavy atom. The third kappa shape index (κ3) is 4.87. The Hall–Kier alpha value is -1.62. The summed E-state index contributed by atoms with van der Waals surface area (Å²) in [6.07, 6.45) is 1.11. The van der Waals surface area contributed by atoms with E-state index in [0.717, 1.165) is 11.4 Å². The first-order valence-corrected chi connectivity index (χ1v) is 6.62. The van der Waals surface area contributed by atoms with Crippen molar-refractivity contribution in [3.8, 4) is 0 Å². The van der Waals surface area contributed by atoms with Gasteiger partial charge in [0.2, 0.25) is 5.91 Å². The number of hydrogen-bond donors (Lipinski definition) is 2. The predicted molar refractivity (Wildman–Crippen MR) is 76.0 cm³/mol. The van der Waals surface area contributed by atoms with Gasteiger partial charge < -0.3 is 15.3 Å². The topological polar surface area (TPSA) is 65.5 Å². The zero-order valence-electron chi connectivity index (χ0n) is 12.1. The van der Waals surface area contributed by atoms with Crippen molar-refractivity contribution < 1.29 is 9.90 Å². The van der Waals surface area contributed by atoms with Gasteiger partial charge in [-0.3, -0.25) is 4.79 Å². The molecule has 19 heavy (non-hydrogen) atoms. The molecule has 0 aliphatic rings. The van der Waals surface area contributed by atoms with Crippen LogP contribution in [0.2, 0.25) is 0 Å². The molecule has 106 valence electrons. The molecule has 5 nitrogen and oxygen atoms in total. The van der Waals surface area contributed by atoms with Gasteiger partial charge in [0.15, 0.2) is 0 Å². The molecule has 0 aliphatic heterocycles. The number of aliphatic hydroxyl groups excluding tert-OH is 1. The van der Waals surface area contributed by atoms with Crippen LogP contribution in [-0.4, -0.2) is 35.1 Å². The number of anilines is 1. The van der Waals surface area contributed by atoms with E-state index in [1.54, 1.807) is 13.1 Å². The Bertz CT molecular complexity index is 402. The second kappa shape index (κ2) is 7.09. The predicted octanol–water partition coefficient (Wildman–Crippen LogP) is 1.49. The maximum atomic E-state index is 11.8. The molecule has 1 rings (SSSR count). The lowest BCUT2D eigenvalue weighted by Gasteiger charge is -2.22. The van der Waals surface area contributed by atoms with Crippen LogP contribution in [0.4, 0.5) is 5.82 Å². The van der Waals surface area contributed by atoms with Gasteiger partial charge in [0, 0.05) is 18.8 Å². The van der Waals surface area contributed by atoms with Gasteiger partial charge in [-0.15, -0.1) is 0 Å². The highest BCUT2D eigenvalue weighted by Gasteiger charge is 2.12. The molecule has 1 atom stereocenters. The number of nitrogens with one attached hydrogen (secondary N) is 1. The summed E-state index contributed by atoms with van der Waals surface area (Å²) < 4.78 is 0. The van der Waals surface area contributed by atoms with Crippen molar-refractivity contribution in [2.75, 3.05) is 18.0 Å². The molecule has 2 N–H and O–H groups in total. The van der Waals surface area contributed by atoms with E-state index in [-0.39, 0.29) is 18.5 Å². The van der Waals surface area contributed by atoms with Crippen LogP contribution in [0.25, 0.3) is 0 Å². The molecule has 1 aromatic rings. The summed E-state index contributed by atoms with van der Waals surface area (Å²) in [5, 5.41) is 12.3. The molecule has 5 heteroatoms. The average Bonchev–Trinajstić information content (AvgIpc) is 2.35. The summed E-state index contributed by atoms with van der Waals surface area (Å²) in [4.78, 5) is 17.9. The fraction of sp³-hybridized carbons (Fsp3) is 0.571. The Morgan fingerprint density at radius 1 is 1.42 bits per heavy atom. The molecule has 1 amide bonds. The van der Waals surface area contributed by atoms with E-state index in [9.17, 15) is 9.90 Å². The molecular weight excluding hydrogens is 242 g/mol. The van der Waals surface area contributed by atoms with E-state index in [0.29, 0.717) is 6.54 Å². The first-order chi connectivity index (χ1) is 8.93. The summed E-state index contributed by atoms with van der Waals surface area (Å²) in [6, 6.07) is 3.79. The molecule has 0 spiro atoms. The van der Waals surface area contributed by atoms with Crippen LogP contribution in [0.1, 0.15) is 39.4 Å². The number of amides is 1. The Balaban J connectivity index is 2.71. The van der Waals surface area contributed by atoms with E-state index in [1.165, 1.54) is 0 Å². The maximum Gasteiger partial charge on any atom is 0.239 e. The number of carbonyl (C=O) groups excluding carboxylic acids is 1. The molecule has 1 heterocycles. The Kier molecular flexibility index (Phi) is 5.76. The monoisotopic (exact) mass is 265 g/mol. The summed E-state index contributed by atoms with van der Waals surface area (Å²) in [5.41, 5.74) is 0.770. The number of nitrogens with zero attached hydrogens (tertiary/aromatic N) is 2. The van der Waals surface area contributed by atoms with Gasteiger partial charge in [0.25, 0.3) is 0 Å². The fourth-order valence-corrected chi connectivity index (χ4v) is 1.73. The van der Waals surface area contributed by atoms with Crippen LogP contribution in [0.5, 0.6) is 0 Å². The first-order valence-electron chi connectivity index (χ1n) is 6.62. The maximum absolute atomic E-state index is 11.8. The average molecular weight is 265 g/mol. The van der Waals surface area contributed by atoms with Crippen molar-refractivity contribution in [1.29, 1.82) is 0 Å². The number of aliphatic hydroxyl groups is 1. The van der Waals surface area contributed by atoms with Gasteiger partial charge in [-0.1, -0.05) is 6.07 Å². The molecule has 0 saturated heterocycles. The number of pyridine rings is 1. The standard InChI is InChI=1S/C14H23N3O2/c1-5-17(9-14(19)16-10(2)3)13-7-6-12(8-15-13)11(4)18/h6-8,10-11,18H,5,9H2,1-4H3,(H,16,19)/t11-/m0/s1. The van der Waals surface area contributed by atoms with E-state index in [1.807, 2.05) is 37.8 Å². The Labute approximate surface area is 114 Å². The minimum absolute atomic E-state index is 0.0155. The van der Waals surface area contributed by atoms with Crippen LogP contribution >= 0.6 is 0 Å². The summed E-state index contributed by atoms with van der Waals surface area (Å²) >= 11 is 0. The van der Waals surface area contributed by atoms with Crippen molar-refractivity contribution in [3.63, 3.8) is 0 Å². The zero-order valence-corrected chi connectivity index (χ0v) is 12.1. The molecule has 0 fully saturated rings. The smallest absolute Gasteiger partial charge is 0.239 e. The van der Waals surface area contributed by atoms with Crippen LogP contribution in [0.3, 0.4) is 0 Å². The van der Waals surface area contributed by atoms with Gasteiger partial charge in [0.05, 0.1) is 12.6 Å². The fourth-order valence-electron chi connectivity index (χ4n) is 1.73. The minimum atomic E-state index is -0.527. The quantitative estimate of drug-likeness (QED) is 0.818. The van der Waals surface area contributed by atoms with Gasteiger partial charge in [-0.05, 0) is 39.3 Å². The van der Waals surface area contributed by atoms with Gasteiger partial charge in [-0.25, -0.2) is 4.98 Å². The molecule has 0 saturated carbocycles. The highest BCUT2D eigenvalue weighted by molar-refractivity contribution is 5.81. The highest BCUT2D eigenvalue weighted by atomic mass is 16.3. The summed E-state index contributed by atoms with van der Waals surface area (Å²) in [5.74, 6) is 0.726. The number of likely N-dealkylation sites (N-methyl/N-ethyl adjacent to an activating group) is 1. The number of aromatic nitrogens is 1. The van der Waals surface area contributed by atoms with Gasteiger partial charge >= 0.3 is 0 Å². The van der Waals surface area contributed by atoms with E-state index in [4.69, 9.17) is 0 Å². The minimum Gasteiger partial charge on any atom is -0.389 e. The second-order valence-electron chi connectivity index (χ2n) is 4.86. The molecule has 0 radical (unpaired) electrons. The van der Waals surface area contributed by atoms with Crippen molar-refractivity contribution >= 4 is 11.7 Å². The second-order valence-corrected chi connectivity index (χ2v) is 4.86. The van der Waals surface area contributed by atoms with Crippen molar-refractivity contribution in [2.24, 2.45) is 0 Å². The van der Waals surface area contributed by atoms with Gasteiger partial charge in [-0.2, -0.15) is 0 Å². The number of carbonyl (C=O) groups is 1. The molecule has 0 aromatic carbocycles. The van der Waals surface area contributed by atoms with Crippen molar-refractivity contribution in [3.05, 3.63) is 23.9 Å². The van der Waals surface area contributed by atoms with Crippen LogP contribution in [0.15, 0.2) is 18.3 Å². The molecule has 0 unspecified atom stereocenters. The molecule has 1 aromatic heterocycles. The van der Waals surface area contributed by atoms with Crippen LogP contribution < -0.4 is 10.2 Å². The third-order valence-corrected chi connectivity index (χ3v) is 2.74. The van der Waals surface area contributed by atoms with Gasteiger partial charge in [0.1, 0.15) is 5.82 Å². The lowest BCUT2D eigenvalue weighted by atomic mass is 10.2. The van der Waals surface area contributed by atoms with Crippen molar-refractivity contribution in [1.82, 2.24) is 10.3 Å². The highest BCUT2D eigenvalue weighted by Crippen LogP contribution is 2.15. The SMILES string of the molecule is CCN(CC(=O)NC(C)C)c1ccc([C@H](C)O)cn1. The normalized spacial score (nSPS) is 12.3. The molecular formula is C14H23N3O2. The zero-order chi connectivity index (χ0) is 14.4. The van der Waals surface area contributed by atoms with Crippen LogP contribution in [-0.2, 0) is 4.79 Å².